The van der Waals surface area contributed by atoms with E-state index in [0.29, 0.717) is 23.6 Å². The first-order valence-corrected chi connectivity index (χ1v) is 10.2. The monoisotopic (exact) mass is 458 g/mol. The summed E-state index contributed by atoms with van der Waals surface area (Å²) in [6.45, 7) is 5.23. The van der Waals surface area contributed by atoms with Crippen LogP contribution in [0.5, 0.6) is 0 Å². The van der Waals surface area contributed by atoms with Gasteiger partial charge in [-0.05, 0) is 64.3 Å². The van der Waals surface area contributed by atoms with Crippen LogP contribution < -0.4 is 10.6 Å². The predicted molar refractivity (Wildman–Crippen MR) is 118 cm³/mol. The minimum Gasteiger partial charge on any atom is -0.481 e. The molecule has 1 fully saturated rings. The maximum Gasteiger partial charge on any atom is 0.407 e. The number of carbonyl (C=O) groups is 3. The first-order chi connectivity index (χ1) is 14.0. The Labute approximate surface area is 207 Å². The zero-order valence-corrected chi connectivity index (χ0v) is 20.9. The minimum absolute atomic E-state index is 0. The Bertz CT molecular complexity index is 972. The molecule has 2 amide bonds. The summed E-state index contributed by atoms with van der Waals surface area (Å²) in [5.41, 5.74) is 0.459. The van der Waals surface area contributed by atoms with Crippen LogP contribution >= 0.6 is 11.6 Å². The van der Waals surface area contributed by atoms with E-state index in [1.54, 1.807) is 45.0 Å². The van der Waals surface area contributed by atoms with Crippen LogP contribution in [-0.4, -0.2) is 75.3 Å². The summed E-state index contributed by atoms with van der Waals surface area (Å²) in [4.78, 5) is 39.5. The van der Waals surface area contributed by atoms with Crippen LogP contribution in [0.4, 0.5) is 4.79 Å². The standard InChI is InChI=1S/C21H26ClN3O5.Na/c1-21(2,3)30-20(29)25-16-9-11(19(27)28)4-6-15(16)24-18(26)17-10-12-8-13(22)5-7-14(12)23-17;/h5,7-8,10-11,15-16,23H,4,6,9H2,1-3H3,(H,24,26)(H,25,29)(H,27,28);/t11-,15-,16+;/m1./s1. The Morgan fingerprint density at radius 1 is 1.13 bits per heavy atom. The largest absolute Gasteiger partial charge is 0.481 e. The second kappa shape index (κ2) is 10.3. The van der Waals surface area contributed by atoms with E-state index in [2.05, 4.69) is 15.6 Å². The molecule has 31 heavy (non-hydrogen) atoms. The van der Waals surface area contributed by atoms with E-state index in [1.807, 2.05) is 0 Å². The maximum absolute atomic E-state index is 12.8. The van der Waals surface area contributed by atoms with E-state index < -0.39 is 35.7 Å². The predicted octanol–water partition coefficient (Wildman–Crippen LogP) is 3.32. The Hall–Kier alpha value is -1.74. The molecule has 0 bridgehead atoms. The summed E-state index contributed by atoms with van der Waals surface area (Å²) in [6, 6.07) is 6.01. The number of aromatic amines is 1. The van der Waals surface area contributed by atoms with E-state index >= 15 is 0 Å². The van der Waals surface area contributed by atoms with Crippen molar-refractivity contribution in [2.24, 2.45) is 5.92 Å². The van der Waals surface area contributed by atoms with Crippen LogP contribution in [0.25, 0.3) is 10.9 Å². The van der Waals surface area contributed by atoms with Gasteiger partial charge in [-0.3, -0.25) is 9.59 Å². The third-order valence-corrected chi connectivity index (χ3v) is 5.28. The summed E-state index contributed by atoms with van der Waals surface area (Å²) in [7, 11) is 0. The van der Waals surface area contributed by atoms with Crippen molar-refractivity contribution < 1.29 is 24.2 Å². The first-order valence-electron chi connectivity index (χ1n) is 9.83. The molecule has 1 aromatic carbocycles. The molecule has 1 aromatic heterocycles. The number of amides is 2. The van der Waals surface area contributed by atoms with E-state index in [9.17, 15) is 19.5 Å². The van der Waals surface area contributed by atoms with Crippen molar-refractivity contribution in [1.82, 2.24) is 15.6 Å². The molecule has 4 N–H and O–H groups in total. The molecule has 8 nitrogen and oxygen atoms in total. The molecule has 3 atom stereocenters. The summed E-state index contributed by atoms with van der Waals surface area (Å²) >= 11 is 6.00. The Morgan fingerprint density at radius 3 is 2.48 bits per heavy atom. The van der Waals surface area contributed by atoms with Crippen molar-refractivity contribution in [2.45, 2.75) is 57.7 Å². The molecule has 0 aliphatic heterocycles. The number of ether oxygens (including phenoxy) is 1. The molecule has 3 rings (SSSR count). The average molecular weight is 459 g/mol. The van der Waals surface area contributed by atoms with Gasteiger partial charge < -0.3 is 25.5 Å². The molecule has 1 saturated carbocycles. The fourth-order valence-corrected chi connectivity index (χ4v) is 3.84. The second-order valence-corrected chi connectivity index (χ2v) is 9.03. The van der Waals surface area contributed by atoms with Gasteiger partial charge in [0.2, 0.25) is 0 Å². The number of carboxylic acid groups (broad SMARTS) is 1. The van der Waals surface area contributed by atoms with E-state index in [4.69, 9.17) is 16.3 Å². The van der Waals surface area contributed by atoms with Crippen molar-refractivity contribution in [3.63, 3.8) is 0 Å². The Morgan fingerprint density at radius 2 is 1.84 bits per heavy atom. The SMILES string of the molecule is CC(C)(C)OC(=O)N[C@H]1C[C@H](C(=O)O)CC[C@H]1NC(=O)c1cc2cc(Cl)ccc2[nH]1.[Na]. The van der Waals surface area contributed by atoms with Crippen LogP contribution in [0.1, 0.15) is 50.5 Å². The van der Waals surface area contributed by atoms with Gasteiger partial charge in [-0.25, -0.2) is 4.79 Å². The number of rotatable bonds is 4. The number of hydrogen-bond donors (Lipinski definition) is 4. The van der Waals surface area contributed by atoms with Crippen LogP contribution in [0.15, 0.2) is 24.3 Å². The molecule has 1 aliphatic carbocycles. The summed E-state index contributed by atoms with van der Waals surface area (Å²) < 4.78 is 5.30. The number of carboxylic acids is 1. The van der Waals surface area contributed by atoms with Crippen LogP contribution in [0.3, 0.4) is 0 Å². The van der Waals surface area contributed by atoms with E-state index in [0.717, 1.165) is 10.9 Å². The number of aliphatic carboxylic acids is 1. The number of H-pyrrole nitrogens is 1. The van der Waals surface area contributed by atoms with Gasteiger partial charge >= 0.3 is 12.1 Å². The van der Waals surface area contributed by atoms with Gasteiger partial charge in [0, 0.05) is 51.5 Å². The smallest absolute Gasteiger partial charge is 0.407 e. The van der Waals surface area contributed by atoms with E-state index in [1.165, 1.54) is 0 Å². The number of hydrogen-bond acceptors (Lipinski definition) is 4. The number of fused-ring (bicyclic) bond motifs is 1. The zero-order valence-electron chi connectivity index (χ0n) is 18.1. The zero-order chi connectivity index (χ0) is 22.1. The van der Waals surface area contributed by atoms with Gasteiger partial charge in [-0.15, -0.1) is 0 Å². The molecule has 1 aliphatic rings. The number of alkyl carbamates (subject to hydrolysis) is 1. The Balaban J connectivity index is 0.00000341. The Kier molecular flexibility index (Phi) is 8.44. The van der Waals surface area contributed by atoms with Crippen molar-refractivity contribution in [2.75, 3.05) is 0 Å². The molecule has 2 aromatic rings. The molecule has 1 heterocycles. The number of benzene rings is 1. The molecule has 10 heteroatoms. The van der Waals surface area contributed by atoms with Gasteiger partial charge in [-0.1, -0.05) is 11.6 Å². The number of carbonyl (C=O) groups excluding carboxylic acids is 2. The summed E-state index contributed by atoms with van der Waals surface area (Å²) in [6.07, 6.45) is 0.407. The third kappa shape index (κ3) is 6.87. The maximum atomic E-state index is 12.8. The van der Waals surface area contributed by atoms with Crippen molar-refractivity contribution in [1.29, 1.82) is 0 Å². The quantitative estimate of drug-likeness (QED) is 0.524. The fourth-order valence-electron chi connectivity index (χ4n) is 3.66. The number of nitrogens with one attached hydrogen (secondary N) is 3. The summed E-state index contributed by atoms with van der Waals surface area (Å²) in [5.74, 6) is -1.84. The fraction of sp³-hybridized carbons (Fsp3) is 0.476. The van der Waals surface area contributed by atoms with Gasteiger partial charge in [0.25, 0.3) is 5.91 Å². The van der Waals surface area contributed by atoms with Crippen molar-refractivity contribution in [3.8, 4) is 0 Å². The molecule has 0 saturated heterocycles. The van der Waals surface area contributed by atoms with Gasteiger partial charge in [0.15, 0.2) is 0 Å². The van der Waals surface area contributed by atoms with Gasteiger partial charge in [0.1, 0.15) is 11.3 Å². The average Bonchev–Trinajstić information content (AvgIpc) is 3.04. The topological polar surface area (TPSA) is 121 Å². The van der Waals surface area contributed by atoms with Crippen LogP contribution in [0, 0.1) is 5.92 Å². The van der Waals surface area contributed by atoms with Gasteiger partial charge in [-0.2, -0.15) is 0 Å². The normalized spacial score (nSPS) is 21.1. The van der Waals surface area contributed by atoms with Crippen molar-refractivity contribution >= 4 is 70.0 Å². The molecule has 163 valence electrons. The molecular formula is C21H26ClN3NaO5. The minimum atomic E-state index is -0.914. The number of aromatic nitrogens is 1. The molecule has 0 spiro atoms. The van der Waals surface area contributed by atoms with Crippen molar-refractivity contribution in [3.05, 3.63) is 35.0 Å². The molecule has 0 unspecified atom stereocenters. The van der Waals surface area contributed by atoms with Crippen LogP contribution in [0.2, 0.25) is 5.02 Å². The molecule has 1 radical (unpaired) electrons. The second-order valence-electron chi connectivity index (χ2n) is 8.60. The number of halogens is 1. The summed E-state index contributed by atoms with van der Waals surface area (Å²) in [5, 5.41) is 16.4. The third-order valence-electron chi connectivity index (χ3n) is 5.05. The van der Waals surface area contributed by atoms with Crippen LogP contribution in [-0.2, 0) is 9.53 Å². The van der Waals surface area contributed by atoms with Gasteiger partial charge in [0.05, 0.1) is 12.0 Å². The molecular weight excluding hydrogens is 433 g/mol. The first kappa shape index (κ1) is 25.5. The van der Waals surface area contributed by atoms with E-state index in [-0.39, 0.29) is 41.9 Å².